The highest BCUT2D eigenvalue weighted by Gasteiger charge is 2.21. The maximum atomic E-state index is 13.4. The highest BCUT2D eigenvalue weighted by Crippen LogP contribution is 2.28. The van der Waals surface area contributed by atoms with Crippen molar-refractivity contribution in [1.29, 1.82) is 0 Å². The second kappa shape index (κ2) is 14.9. The first-order valence-electron chi connectivity index (χ1n) is 13.9. The van der Waals surface area contributed by atoms with Gasteiger partial charge in [-0.15, -0.1) is 0 Å². The van der Waals surface area contributed by atoms with E-state index in [1.807, 2.05) is 65.6 Å². The van der Waals surface area contributed by atoms with Gasteiger partial charge in [0, 0.05) is 30.9 Å². The number of amides is 2. The Morgan fingerprint density at radius 1 is 0.875 bits per heavy atom. The molecule has 0 saturated carbocycles. The lowest BCUT2D eigenvalue weighted by molar-refractivity contribution is -0.120. The average Bonchev–Trinajstić information content (AvgIpc) is 2.99. The average molecular weight is 546 g/mol. The second-order valence-corrected chi connectivity index (χ2v) is 9.81. The molecule has 212 valence electrons. The molecule has 3 aromatic carbocycles. The van der Waals surface area contributed by atoms with Crippen molar-refractivity contribution >= 4 is 17.5 Å². The van der Waals surface area contributed by atoms with Gasteiger partial charge < -0.3 is 29.7 Å². The predicted molar refractivity (Wildman–Crippen MR) is 156 cm³/mol. The first-order valence-corrected chi connectivity index (χ1v) is 13.9. The Hall–Kier alpha value is -4.04. The van der Waals surface area contributed by atoms with Crippen molar-refractivity contribution < 1.29 is 23.8 Å². The third-order valence-corrected chi connectivity index (χ3v) is 6.99. The third kappa shape index (κ3) is 7.99. The van der Waals surface area contributed by atoms with Crippen LogP contribution in [0.4, 0.5) is 5.69 Å². The second-order valence-electron chi connectivity index (χ2n) is 9.81. The molecule has 0 radical (unpaired) electrons. The minimum atomic E-state index is -0.186. The molecule has 0 bridgehead atoms. The molecule has 2 N–H and O–H groups in total. The van der Waals surface area contributed by atoms with Crippen LogP contribution < -0.4 is 29.7 Å². The van der Waals surface area contributed by atoms with Gasteiger partial charge in [0.2, 0.25) is 0 Å². The lowest BCUT2D eigenvalue weighted by Gasteiger charge is -2.26. The smallest absolute Gasteiger partial charge is 0.264 e. The van der Waals surface area contributed by atoms with E-state index in [9.17, 15) is 9.59 Å². The number of nitrogens with one attached hydrogen (secondary N) is 2. The van der Waals surface area contributed by atoms with Crippen molar-refractivity contribution in [3.05, 3.63) is 83.4 Å². The van der Waals surface area contributed by atoms with Gasteiger partial charge in [0.1, 0.15) is 5.75 Å². The van der Waals surface area contributed by atoms with Gasteiger partial charge in [-0.25, -0.2) is 0 Å². The van der Waals surface area contributed by atoms with E-state index in [4.69, 9.17) is 14.2 Å². The molecule has 1 aliphatic heterocycles. The van der Waals surface area contributed by atoms with Gasteiger partial charge in [-0.3, -0.25) is 9.59 Å². The lowest BCUT2D eigenvalue weighted by Crippen LogP contribution is -2.37. The molecular weight excluding hydrogens is 506 g/mol. The van der Waals surface area contributed by atoms with Gasteiger partial charge in [0.25, 0.3) is 11.8 Å². The van der Waals surface area contributed by atoms with Crippen molar-refractivity contribution in [2.45, 2.75) is 45.2 Å². The largest absolute Gasteiger partial charge is 0.493 e. The van der Waals surface area contributed by atoms with E-state index in [2.05, 4.69) is 10.6 Å². The summed E-state index contributed by atoms with van der Waals surface area (Å²) in [5, 5.41) is 6.49. The van der Waals surface area contributed by atoms with Gasteiger partial charge >= 0.3 is 0 Å². The number of hydrogen-bond donors (Lipinski definition) is 2. The summed E-state index contributed by atoms with van der Waals surface area (Å²) in [5.74, 6) is 1.62. The summed E-state index contributed by atoms with van der Waals surface area (Å²) in [7, 11) is 3.18. The quantitative estimate of drug-likeness (QED) is 0.410. The van der Waals surface area contributed by atoms with Crippen LogP contribution in [-0.2, 0) is 17.9 Å². The number of carbonyl (C=O) groups excluding carboxylic acids is 2. The highest BCUT2D eigenvalue weighted by atomic mass is 16.5. The Kier molecular flexibility index (Phi) is 10.8. The van der Waals surface area contributed by atoms with Crippen molar-refractivity contribution in [3.63, 3.8) is 0 Å². The topological polar surface area (TPSA) is 89.1 Å². The Morgan fingerprint density at radius 3 is 2.45 bits per heavy atom. The number of anilines is 1. The minimum absolute atomic E-state index is 0.0511. The summed E-state index contributed by atoms with van der Waals surface area (Å²) < 4.78 is 16.5. The van der Waals surface area contributed by atoms with E-state index in [-0.39, 0.29) is 18.4 Å². The van der Waals surface area contributed by atoms with Gasteiger partial charge in [-0.1, -0.05) is 43.5 Å². The minimum Gasteiger partial charge on any atom is -0.493 e. The van der Waals surface area contributed by atoms with Crippen LogP contribution >= 0.6 is 0 Å². The van der Waals surface area contributed by atoms with Crippen LogP contribution in [0.1, 0.15) is 53.6 Å². The van der Waals surface area contributed by atoms with E-state index in [0.717, 1.165) is 55.5 Å². The lowest BCUT2D eigenvalue weighted by atomic mass is 10.0. The van der Waals surface area contributed by atoms with Crippen molar-refractivity contribution in [2.75, 3.05) is 38.8 Å². The summed E-state index contributed by atoms with van der Waals surface area (Å²) in [6.45, 7) is 2.35. The Labute approximate surface area is 236 Å². The highest BCUT2D eigenvalue weighted by molar-refractivity contribution is 5.98. The molecule has 3 aromatic rings. The number of ether oxygens (including phenoxy) is 3. The number of nitrogens with zero attached hydrogens (tertiary/aromatic N) is 1. The van der Waals surface area contributed by atoms with E-state index in [1.165, 1.54) is 0 Å². The zero-order valence-electron chi connectivity index (χ0n) is 23.4. The van der Waals surface area contributed by atoms with E-state index in [1.54, 1.807) is 20.3 Å². The predicted octanol–water partition coefficient (Wildman–Crippen LogP) is 5.10. The van der Waals surface area contributed by atoms with Gasteiger partial charge in [-0.2, -0.15) is 0 Å². The zero-order chi connectivity index (χ0) is 28.2. The summed E-state index contributed by atoms with van der Waals surface area (Å²) in [5.41, 5.74) is 3.16. The molecule has 1 heterocycles. The van der Waals surface area contributed by atoms with Gasteiger partial charge in [-0.05, 0) is 73.0 Å². The Balaban J connectivity index is 1.52. The van der Waals surface area contributed by atoms with Gasteiger partial charge in [0.15, 0.2) is 18.1 Å². The SMILES string of the molecule is COc1ccc(CNC(=O)c2ccc3c(c2)CNCCCCCCCN3C(=O)COc2ccccc2)cc1OC. The van der Waals surface area contributed by atoms with Crippen LogP contribution in [0.5, 0.6) is 17.2 Å². The molecule has 0 aliphatic carbocycles. The molecule has 2 amide bonds. The number of para-hydroxylation sites is 1. The van der Waals surface area contributed by atoms with Crippen LogP contribution in [0.15, 0.2) is 66.7 Å². The fraction of sp³-hybridized carbons (Fsp3) is 0.375. The molecule has 0 fully saturated rings. The van der Waals surface area contributed by atoms with Crippen LogP contribution in [0, 0.1) is 0 Å². The number of benzene rings is 3. The first kappa shape index (κ1) is 29.0. The first-order chi connectivity index (χ1) is 19.6. The molecule has 0 atom stereocenters. The number of methoxy groups -OCH3 is 2. The van der Waals surface area contributed by atoms with E-state index in [0.29, 0.717) is 42.4 Å². The van der Waals surface area contributed by atoms with Gasteiger partial charge in [0.05, 0.1) is 14.2 Å². The van der Waals surface area contributed by atoms with Crippen LogP contribution in [0.2, 0.25) is 0 Å². The molecule has 0 saturated heterocycles. The van der Waals surface area contributed by atoms with E-state index >= 15 is 0 Å². The zero-order valence-corrected chi connectivity index (χ0v) is 23.4. The molecule has 1 aliphatic rings. The summed E-state index contributed by atoms with van der Waals surface area (Å²) in [6, 6.07) is 20.5. The summed E-state index contributed by atoms with van der Waals surface area (Å²) >= 11 is 0. The standard InChI is InChI=1S/C32H39N3O5/c1-38-29-16-13-24(19-30(29)39-2)21-34-32(37)25-14-15-28-26(20-25)22-33-17-9-4-3-5-10-18-35(28)31(36)23-40-27-11-7-6-8-12-27/h6-8,11-16,19-20,33H,3-5,9-10,17-18,21-23H2,1-2H3,(H,34,37). The Morgan fingerprint density at radius 2 is 1.65 bits per heavy atom. The molecule has 0 spiro atoms. The van der Waals surface area contributed by atoms with Crippen LogP contribution in [-0.4, -0.2) is 45.7 Å². The van der Waals surface area contributed by atoms with Crippen molar-refractivity contribution in [2.24, 2.45) is 0 Å². The third-order valence-electron chi connectivity index (χ3n) is 6.99. The summed E-state index contributed by atoms with van der Waals surface area (Å²) in [4.78, 5) is 28.4. The normalized spacial score (nSPS) is 14.2. The fourth-order valence-electron chi connectivity index (χ4n) is 4.80. The molecule has 0 aromatic heterocycles. The van der Waals surface area contributed by atoms with E-state index < -0.39 is 0 Å². The summed E-state index contributed by atoms with van der Waals surface area (Å²) in [6.07, 6.45) is 5.39. The maximum Gasteiger partial charge on any atom is 0.264 e. The maximum absolute atomic E-state index is 13.4. The number of rotatable bonds is 8. The number of carbonyl (C=O) groups is 2. The van der Waals surface area contributed by atoms with Crippen molar-refractivity contribution in [3.8, 4) is 17.2 Å². The number of fused-ring (bicyclic) bond motifs is 1. The van der Waals surface area contributed by atoms with Crippen LogP contribution in [0.3, 0.4) is 0 Å². The van der Waals surface area contributed by atoms with Crippen LogP contribution in [0.25, 0.3) is 0 Å². The van der Waals surface area contributed by atoms with Crippen molar-refractivity contribution in [1.82, 2.24) is 10.6 Å². The molecular formula is C32H39N3O5. The monoisotopic (exact) mass is 545 g/mol. The molecule has 40 heavy (non-hydrogen) atoms. The molecule has 4 rings (SSSR count). The number of hydrogen-bond acceptors (Lipinski definition) is 6. The molecule has 0 unspecified atom stereocenters. The molecule has 8 nitrogen and oxygen atoms in total. The Bertz CT molecular complexity index is 1260. The fourth-order valence-corrected chi connectivity index (χ4v) is 4.80. The molecule has 8 heteroatoms.